The summed E-state index contributed by atoms with van der Waals surface area (Å²) in [5.74, 6) is -1.75. The first-order valence-electron chi connectivity index (χ1n) is 7.67. The molecule has 0 bridgehead atoms. The number of aryl methyl sites for hydroxylation is 1. The number of hydrogen-bond acceptors (Lipinski definition) is 5. The van der Waals surface area contributed by atoms with Gasteiger partial charge in [0.15, 0.2) is 0 Å². The summed E-state index contributed by atoms with van der Waals surface area (Å²) < 4.78 is 0. The van der Waals surface area contributed by atoms with Gasteiger partial charge in [0.2, 0.25) is 0 Å². The van der Waals surface area contributed by atoms with E-state index in [1.165, 1.54) is 0 Å². The lowest BCUT2D eigenvalue weighted by atomic mass is 9.94. The van der Waals surface area contributed by atoms with Crippen LogP contribution in [0.25, 0.3) is 10.9 Å². The van der Waals surface area contributed by atoms with Crippen molar-refractivity contribution in [2.45, 2.75) is 19.4 Å². The number of anilines is 1. The summed E-state index contributed by atoms with van der Waals surface area (Å²) in [7, 11) is 0. The minimum Gasteiger partial charge on any atom is -0.483 e. The largest absolute Gasteiger partial charge is 0.483 e. The third-order valence-corrected chi connectivity index (χ3v) is 4.43. The summed E-state index contributed by atoms with van der Waals surface area (Å²) in [5, 5.41) is 27.5. The third-order valence-electron chi connectivity index (χ3n) is 4.21. The molecule has 0 amide bonds. The number of carbonyl (C=O) groups is 2. The minimum atomic E-state index is -0.968. The summed E-state index contributed by atoms with van der Waals surface area (Å²) in [5.41, 5.74) is 2.75. The van der Waals surface area contributed by atoms with Crippen molar-refractivity contribution in [3.8, 4) is 0 Å². The molecule has 2 heterocycles. The molecule has 1 fully saturated rings. The molecule has 0 unspecified atom stereocenters. The van der Waals surface area contributed by atoms with Gasteiger partial charge in [-0.2, -0.15) is 0 Å². The maximum absolute atomic E-state index is 11.3. The summed E-state index contributed by atoms with van der Waals surface area (Å²) in [6.45, 7) is 2.59. The van der Waals surface area contributed by atoms with Gasteiger partial charge in [0.05, 0.1) is 11.6 Å². The number of carboxylic acid groups (broad SMARTS) is 2. The van der Waals surface area contributed by atoms with Gasteiger partial charge < -0.3 is 20.2 Å². The standard InChI is InChI=1S/C16H17ClN2O3.CH2O2/c1-9-6-10(17)7-11-13(2-4-18-15(9)11)19-5-3-14(20)12(8-19)16(21)22;2-1-3/h2,4,6-7,12,14,20H,3,5,8H2,1H3,(H,21,22);1H,(H,2,3)/t12-,14+;/m0./s1. The number of benzene rings is 1. The Morgan fingerprint density at radius 1 is 1.44 bits per heavy atom. The molecule has 134 valence electrons. The molecule has 1 aliphatic rings. The summed E-state index contributed by atoms with van der Waals surface area (Å²) in [6, 6.07) is 5.59. The predicted molar refractivity (Wildman–Crippen MR) is 94.1 cm³/mol. The molecule has 0 aliphatic carbocycles. The number of hydrogen-bond donors (Lipinski definition) is 3. The quantitative estimate of drug-likeness (QED) is 0.698. The molecular formula is C17H19ClN2O5. The Balaban J connectivity index is 0.000000701. The predicted octanol–water partition coefficient (Wildman–Crippen LogP) is 2.17. The van der Waals surface area contributed by atoms with Crippen LogP contribution in [-0.2, 0) is 9.59 Å². The molecule has 0 spiro atoms. The third kappa shape index (κ3) is 4.18. The van der Waals surface area contributed by atoms with Gasteiger partial charge in [0.1, 0.15) is 5.92 Å². The molecule has 7 nitrogen and oxygen atoms in total. The van der Waals surface area contributed by atoms with Gasteiger partial charge in [0.25, 0.3) is 6.47 Å². The number of nitrogens with zero attached hydrogens (tertiary/aromatic N) is 2. The SMILES string of the molecule is Cc1cc(Cl)cc2c(N3CC[C@@H](O)[C@@H](C(=O)O)C3)ccnc12.O=CO. The van der Waals surface area contributed by atoms with Gasteiger partial charge in [-0.3, -0.25) is 14.6 Å². The van der Waals surface area contributed by atoms with Crippen LogP contribution in [0.15, 0.2) is 24.4 Å². The zero-order valence-electron chi connectivity index (χ0n) is 13.6. The highest BCUT2D eigenvalue weighted by Gasteiger charge is 2.33. The average molecular weight is 367 g/mol. The average Bonchev–Trinajstić information content (AvgIpc) is 2.55. The van der Waals surface area contributed by atoms with Crippen molar-refractivity contribution in [1.29, 1.82) is 0 Å². The van der Waals surface area contributed by atoms with Crippen LogP contribution in [0.5, 0.6) is 0 Å². The second kappa shape index (κ2) is 8.13. The summed E-state index contributed by atoms with van der Waals surface area (Å²) in [6.07, 6.45) is 1.35. The first-order chi connectivity index (χ1) is 11.9. The molecule has 0 radical (unpaired) electrons. The van der Waals surface area contributed by atoms with E-state index in [1.807, 2.05) is 30.0 Å². The number of aliphatic hydroxyl groups is 1. The highest BCUT2D eigenvalue weighted by molar-refractivity contribution is 6.31. The number of halogens is 1. The molecule has 1 aromatic heterocycles. The Kier molecular flexibility index (Phi) is 6.17. The van der Waals surface area contributed by atoms with Crippen molar-refractivity contribution in [1.82, 2.24) is 4.98 Å². The van der Waals surface area contributed by atoms with Crippen molar-refractivity contribution >= 4 is 40.6 Å². The number of fused-ring (bicyclic) bond motifs is 1. The molecular weight excluding hydrogens is 348 g/mol. The van der Waals surface area contributed by atoms with E-state index in [0.29, 0.717) is 18.0 Å². The van der Waals surface area contributed by atoms with E-state index in [1.54, 1.807) is 6.20 Å². The van der Waals surface area contributed by atoms with Gasteiger partial charge in [-0.1, -0.05) is 11.6 Å². The summed E-state index contributed by atoms with van der Waals surface area (Å²) >= 11 is 6.16. The van der Waals surface area contributed by atoms with Crippen LogP contribution >= 0.6 is 11.6 Å². The number of aliphatic carboxylic acids is 1. The number of piperidine rings is 1. The van der Waals surface area contributed by atoms with E-state index in [2.05, 4.69) is 4.98 Å². The molecule has 8 heteroatoms. The minimum absolute atomic E-state index is 0.250. The Hall–Kier alpha value is -2.38. The van der Waals surface area contributed by atoms with Gasteiger partial charge in [-0.15, -0.1) is 0 Å². The van der Waals surface area contributed by atoms with Gasteiger partial charge in [0, 0.05) is 35.4 Å². The van der Waals surface area contributed by atoms with Crippen molar-refractivity contribution in [2.75, 3.05) is 18.0 Å². The molecule has 3 N–H and O–H groups in total. The molecule has 2 atom stereocenters. The Morgan fingerprint density at radius 3 is 2.76 bits per heavy atom. The maximum Gasteiger partial charge on any atom is 0.310 e. The highest BCUT2D eigenvalue weighted by atomic mass is 35.5. The van der Waals surface area contributed by atoms with Crippen LogP contribution in [0.4, 0.5) is 5.69 Å². The van der Waals surface area contributed by atoms with E-state index < -0.39 is 18.0 Å². The topological polar surface area (TPSA) is 111 Å². The first-order valence-corrected chi connectivity index (χ1v) is 8.05. The smallest absolute Gasteiger partial charge is 0.310 e. The second-order valence-electron chi connectivity index (χ2n) is 5.80. The fourth-order valence-corrected chi connectivity index (χ4v) is 3.32. The van der Waals surface area contributed by atoms with Crippen LogP contribution in [0.1, 0.15) is 12.0 Å². The van der Waals surface area contributed by atoms with Crippen LogP contribution in [0.2, 0.25) is 5.02 Å². The lowest BCUT2D eigenvalue weighted by Gasteiger charge is -2.36. The maximum atomic E-state index is 11.3. The van der Waals surface area contributed by atoms with Crippen LogP contribution < -0.4 is 4.90 Å². The van der Waals surface area contributed by atoms with Gasteiger partial charge in [-0.05, 0) is 37.1 Å². The normalized spacial score (nSPS) is 19.9. The van der Waals surface area contributed by atoms with E-state index in [0.717, 1.165) is 22.2 Å². The van der Waals surface area contributed by atoms with Crippen LogP contribution in [0.3, 0.4) is 0 Å². The van der Waals surface area contributed by atoms with Crippen LogP contribution in [-0.4, -0.2) is 51.9 Å². The van der Waals surface area contributed by atoms with E-state index in [4.69, 9.17) is 21.5 Å². The fourth-order valence-electron chi connectivity index (χ4n) is 3.05. The van der Waals surface area contributed by atoms with E-state index in [9.17, 15) is 15.0 Å². The summed E-state index contributed by atoms with van der Waals surface area (Å²) in [4.78, 5) is 26.0. The second-order valence-corrected chi connectivity index (χ2v) is 6.24. The Morgan fingerprint density at radius 2 is 2.12 bits per heavy atom. The number of aromatic nitrogens is 1. The van der Waals surface area contributed by atoms with Crippen molar-refractivity contribution in [3.63, 3.8) is 0 Å². The molecule has 1 aliphatic heterocycles. The van der Waals surface area contributed by atoms with Crippen molar-refractivity contribution in [3.05, 3.63) is 35.0 Å². The fraction of sp³-hybridized carbons (Fsp3) is 0.353. The molecule has 1 saturated heterocycles. The molecule has 0 saturated carbocycles. The monoisotopic (exact) mass is 366 g/mol. The number of aliphatic hydroxyl groups excluding tert-OH is 1. The molecule has 1 aromatic carbocycles. The Labute approximate surface area is 149 Å². The Bertz CT molecular complexity index is 783. The number of rotatable bonds is 2. The first kappa shape index (κ1) is 19.0. The molecule has 25 heavy (non-hydrogen) atoms. The van der Waals surface area contributed by atoms with Gasteiger partial charge in [-0.25, -0.2) is 0 Å². The number of carboxylic acids is 1. The lowest BCUT2D eigenvalue weighted by Crippen LogP contribution is -2.46. The van der Waals surface area contributed by atoms with Gasteiger partial charge >= 0.3 is 5.97 Å². The van der Waals surface area contributed by atoms with E-state index in [-0.39, 0.29) is 13.0 Å². The van der Waals surface area contributed by atoms with Crippen molar-refractivity contribution in [2.24, 2.45) is 5.92 Å². The number of pyridine rings is 1. The zero-order chi connectivity index (χ0) is 18.6. The van der Waals surface area contributed by atoms with Crippen LogP contribution in [0, 0.1) is 12.8 Å². The molecule has 3 rings (SSSR count). The van der Waals surface area contributed by atoms with E-state index >= 15 is 0 Å². The molecule has 2 aromatic rings. The van der Waals surface area contributed by atoms with Crippen molar-refractivity contribution < 1.29 is 24.9 Å². The highest BCUT2D eigenvalue weighted by Crippen LogP contribution is 2.32. The zero-order valence-corrected chi connectivity index (χ0v) is 14.3. The lowest BCUT2D eigenvalue weighted by molar-refractivity contribution is -0.146.